The number of aryl methyl sites for hydroxylation is 1. The number of sulfonamides is 1. The highest BCUT2D eigenvalue weighted by atomic mass is 79.9. The highest BCUT2D eigenvalue weighted by Gasteiger charge is 2.36. The van der Waals surface area contributed by atoms with Crippen LogP contribution in [0.1, 0.15) is 11.1 Å². The highest BCUT2D eigenvalue weighted by molar-refractivity contribution is 9.10. The van der Waals surface area contributed by atoms with Gasteiger partial charge in [0.05, 0.1) is 4.47 Å². The van der Waals surface area contributed by atoms with E-state index in [0.29, 0.717) is 15.4 Å². The third-order valence-electron chi connectivity index (χ3n) is 3.56. The summed E-state index contributed by atoms with van der Waals surface area (Å²) in [4.78, 5) is 13.4. The Bertz CT molecular complexity index is 988. The number of carboxylic acid groups (broad SMARTS) is 1. The lowest BCUT2D eigenvalue weighted by molar-refractivity contribution is -0.137. The number of nitrogens with zero attached hydrogens (tertiary/aromatic N) is 2. The SMILES string of the molecule is Cc1cnccc1CN(CC(=O)O)S(=O)(=O)c1c(F)c(F)c(F)c(F)c1Br. The molecule has 0 aliphatic carbocycles. The first-order chi connectivity index (χ1) is 12.5. The van der Waals surface area contributed by atoms with Crippen LogP contribution >= 0.6 is 15.9 Å². The molecule has 0 atom stereocenters. The minimum absolute atomic E-state index is 0.303. The van der Waals surface area contributed by atoms with Crippen LogP contribution in [0.25, 0.3) is 0 Å². The fraction of sp³-hybridized carbons (Fsp3) is 0.200. The number of rotatable bonds is 6. The fourth-order valence-corrected chi connectivity index (χ4v) is 4.63. The third-order valence-corrected chi connectivity index (χ3v) is 6.41. The van der Waals surface area contributed by atoms with Crippen molar-refractivity contribution in [1.82, 2.24) is 9.29 Å². The highest BCUT2D eigenvalue weighted by Crippen LogP contribution is 2.34. The molecule has 2 aromatic rings. The Morgan fingerprint density at radius 1 is 1.19 bits per heavy atom. The average molecular weight is 471 g/mol. The van der Waals surface area contributed by atoms with Crippen LogP contribution in [0.2, 0.25) is 0 Å². The first kappa shape index (κ1) is 21.3. The molecular formula is C15H11BrF4N2O4S. The molecule has 2 rings (SSSR count). The van der Waals surface area contributed by atoms with E-state index in [1.807, 2.05) is 0 Å². The molecule has 0 unspecified atom stereocenters. The summed E-state index contributed by atoms with van der Waals surface area (Å²) in [7, 11) is -5.07. The van der Waals surface area contributed by atoms with Gasteiger partial charge in [0.2, 0.25) is 10.0 Å². The van der Waals surface area contributed by atoms with E-state index in [4.69, 9.17) is 5.11 Å². The van der Waals surface area contributed by atoms with Gasteiger partial charge >= 0.3 is 5.97 Å². The van der Waals surface area contributed by atoms with Gasteiger partial charge in [0.15, 0.2) is 23.3 Å². The molecule has 6 nitrogen and oxygen atoms in total. The van der Waals surface area contributed by atoms with Gasteiger partial charge in [-0.3, -0.25) is 9.78 Å². The van der Waals surface area contributed by atoms with Crippen LogP contribution in [0, 0.1) is 30.2 Å². The molecule has 0 aliphatic rings. The molecule has 27 heavy (non-hydrogen) atoms. The second-order valence-electron chi connectivity index (χ2n) is 5.37. The van der Waals surface area contributed by atoms with Gasteiger partial charge in [-0.1, -0.05) is 0 Å². The van der Waals surface area contributed by atoms with Crippen molar-refractivity contribution in [3.05, 3.63) is 57.3 Å². The van der Waals surface area contributed by atoms with Gasteiger partial charge in [0.1, 0.15) is 11.4 Å². The molecule has 0 radical (unpaired) electrons. The molecule has 0 bridgehead atoms. The van der Waals surface area contributed by atoms with Gasteiger partial charge in [0, 0.05) is 18.9 Å². The first-order valence-electron chi connectivity index (χ1n) is 7.11. The Kier molecular flexibility index (Phi) is 6.22. The summed E-state index contributed by atoms with van der Waals surface area (Å²) in [5, 5.41) is 9.00. The number of hydrogen-bond donors (Lipinski definition) is 1. The number of aromatic nitrogens is 1. The van der Waals surface area contributed by atoms with Gasteiger partial charge in [-0.15, -0.1) is 0 Å². The number of aliphatic carboxylic acids is 1. The van der Waals surface area contributed by atoms with Crippen molar-refractivity contribution in [1.29, 1.82) is 0 Å². The van der Waals surface area contributed by atoms with E-state index < -0.39 is 61.7 Å². The predicted octanol–water partition coefficient (Wildman–Crippen LogP) is 2.98. The predicted molar refractivity (Wildman–Crippen MR) is 88.2 cm³/mol. The van der Waals surface area contributed by atoms with Crippen LogP contribution in [-0.2, 0) is 21.4 Å². The average Bonchev–Trinajstić information content (AvgIpc) is 2.59. The van der Waals surface area contributed by atoms with Crippen LogP contribution in [0.3, 0.4) is 0 Å². The zero-order valence-corrected chi connectivity index (χ0v) is 15.9. The number of carbonyl (C=O) groups is 1. The maximum absolute atomic E-state index is 14.1. The largest absolute Gasteiger partial charge is 0.480 e. The Labute approximate surface area is 159 Å². The van der Waals surface area contributed by atoms with Crippen molar-refractivity contribution in [3.8, 4) is 0 Å². The van der Waals surface area contributed by atoms with Crippen LogP contribution in [0.15, 0.2) is 27.8 Å². The smallest absolute Gasteiger partial charge is 0.318 e. The number of pyridine rings is 1. The molecule has 1 aromatic heterocycles. The normalized spacial score (nSPS) is 11.8. The summed E-state index contributed by atoms with van der Waals surface area (Å²) in [6.07, 6.45) is 2.70. The summed E-state index contributed by atoms with van der Waals surface area (Å²) >= 11 is 2.40. The van der Waals surface area contributed by atoms with E-state index in [2.05, 4.69) is 20.9 Å². The Morgan fingerprint density at radius 3 is 2.33 bits per heavy atom. The van der Waals surface area contributed by atoms with Gasteiger partial charge in [0.25, 0.3) is 0 Å². The van der Waals surface area contributed by atoms with Gasteiger partial charge < -0.3 is 5.11 Å². The van der Waals surface area contributed by atoms with Gasteiger partial charge in [-0.25, -0.2) is 26.0 Å². The van der Waals surface area contributed by atoms with Crippen molar-refractivity contribution < 1.29 is 35.9 Å². The zero-order valence-electron chi connectivity index (χ0n) is 13.5. The molecule has 0 aliphatic heterocycles. The molecule has 1 N–H and O–H groups in total. The van der Waals surface area contributed by atoms with Crippen LogP contribution < -0.4 is 0 Å². The molecule has 146 valence electrons. The standard InChI is InChI=1S/C15H11BrF4N2O4S/c1-7-4-21-3-2-8(7)5-22(6-9(23)24)27(25,26)15-10(16)11(17)12(18)13(19)14(15)20/h2-4H,5-6H2,1H3,(H,23,24). The number of halogens is 5. The lowest BCUT2D eigenvalue weighted by Crippen LogP contribution is -2.36. The molecule has 0 spiro atoms. The lowest BCUT2D eigenvalue weighted by atomic mass is 10.1. The lowest BCUT2D eigenvalue weighted by Gasteiger charge is -2.22. The summed E-state index contributed by atoms with van der Waals surface area (Å²) < 4.78 is 79.4. The van der Waals surface area contributed by atoms with E-state index in [0.717, 1.165) is 0 Å². The second-order valence-corrected chi connectivity index (χ2v) is 8.04. The molecule has 0 saturated heterocycles. The molecular weight excluding hydrogens is 460 g/mol. The minimum Gasteiger partial charge on any atom is -0.480 e. The molecule has 0 fully saturated rings. The van der Waals surface area contributed by atoms with Crippen LogP contribution in [-0.4, -0.2) is 35.3 Å². The summed E-state index contributed by atoms with van der Waals surface area (Å²) in [6, 6.07) is 1.40. The van der Waals surface area contributed by atoms with E-state index in [9.17, 15) is 30.8 Å². The van der Waals surface area contributed by atoms with Crippen molar-refractivity contribution in [2.24, 2.45) is 0 Å². The molecule has 12 heteroatoms. The van der Waals surface area contributed by atoms with Crippen molar-refractivity contribution in [2.75, 3.05) is 6.54 Å². The number of benzene rings is 1. The topological polar surface area (TPSA) is 87.6 Å². The molecule has 0 saturated carbocycles. The third kappa shape index (κ3) is 4.12. The number of hydrogen-bond acceptors (Lipinski definition) is 4. The summed E-state index contributed by atoms with van der Waals surface area (Å²) in [5.41, 5.74) is 0.827. The van der Waals surface area contributed by atoms with Gasteiger partial charge in [-0.05, 0) is 40.0 Å². The van der Waals surface area contributed by atoms with E-state index in [-0.39, 0.29) is 0 Å². The monoisotopic (exact) mass is 470 g/mol. The summed E-state index contributed by atoms with van der Waals surface area (Å²) in [6.45, 7) is -0.103. The Balaban J connectivity index is 2.65. The maximum atomic E-state index is 14.1. The quantitative estimate of drug-likeness (QED) is 0.398. The fourth-order valence-electron chi connectivity index (χ4n) is 2.19. The molecule has 0 amide bonds. The zero-order chi connectivity index (χ0) is 20.5. The number of carboxylic acids is 1. The van der Waals surface area contributed by atoms with Gasteiger partial charge in [-0.2, -0.15) is 4.31 Å². The Hall–Kier alpha value is -2.05. The van der Waals surface area contributed by atoms with Crippen molar-refractivity contribution in [3.63, 3.8) is 0 Å². The second kappa shape index (κ2) is 7.90. The van der Waals surface area contributed by atoms with E-state index >= 15 is 0 Å². The molecule has 1 aromatic carbocycles. The van der Waals surface area contributed by atoms with Crippen LogP contribution in [0.4, 0.5) is 17.6 Å². The Morgan fingerprint density at radius 2 is 1.78 bits per heavy atom. The van der Waals surface area contributed by atoms with Crippen molar-refractivity contribution >= 4 is 31.9 Å². The molecule has 1 heterocycles. The summed E-state index contributed by atoms with van der Waals surface area (Å²) in [5.74, 6) is -10.2. The maximum Gasteiger partial charge on any atom is 0.318 e. The van der Waals surface area contributed by atoms with Crippen molar-refractivity contribution in [2.45, 2.75) is 18.4 Å². The van der Waals surface area contributed by atoms with E-state index in [1.165, 1.54) is 18.5 Å². The minimum atomic E-state index is -5.07. The first-order valence-corrected chi connectivity index (χ1v) is 9.34. The van der Waals surface area contributed by atoms with E-state index in [1.54, 1.807) is 6.92 Å². The van der Waals surface area contributed by atoms with Crippen LogP contribution in [0.5, 0.6) is 0 Å².